The lowest BCUT2D eigenvalue weighted by molar-refractivity contribution is 0.372. The van der Waals surface area contributed by atoms with E-state index >= 15 is 0 Å². The Morgan fingerprint density at radius 3 is 2.96 bits per heavy atom. The number of rotatable bonds is 4. The van der Waals surface area contributed by atoms with Crippen LogP contribution in [0.15, 0.2) is 46.0 Å². The Morgan fingerprint density at radius 2 is 2.12 bits per heavy atom. The van der Waals surface area contributed by atoms with Crippen LogP contribution in [-0.4, -0.2) is 38.6 Å². The first-order chi connectivity index (χ1) is 12.7. The third kappa shape index (κ3) is 2.93. The van der Waals surface area contributed by atoms with Crippen molar-refractivity contribution in [2.45, 2.75) is 0 Å². The molecule has 8 nitrogen and oxygen atoms in total. The second kappa shape index (κ2) is 6.60. The maximum Gasteiger partial charge on any atom is 0.265 e. The van der Waals surface area contributed by atoms with Gasteiger partial charge in [0.25, 0.3) is 5.95 Å². The van der Waals surface area contributed by atoms with Crippen LogP contribution in [0.1, 0.15) is 5.56 Å². The van der Waals surface area contributed by atoms with E-state index in [4.69, 9.17) is 4.74 Å². The molecular formula is C17H13BrN6O2. The summed E-state index contributed by atoms with van der Waals surface area (Å²) in [7, 11) is 1.48. The molecule has 0 unspecified atom stereocenters. The van der Waals surface area contributed by atoms with E-state index in [0.717, 1.165) is 16.5 Å². The molecule has 0 aliphatic carbocycles. The van der Waals surface area contributed by atoms with Gasteiger partial charge in [-0.3, -0.25) is 0 Å². The summed E-state index contributed by atoms with van der Waals surface area (Å²) in [5.74, 6) is 0.651. The number of hydrazone groups is 1. The Hall–Kier alpha value is -3.20. The van der Waals surface area contributed by atoms with Gasteiger partial charge < -0.3 is 14.8 Å². The monoisotopic (exact) mass is 412 g/mol. The second-order valence-electron chi connectivity index (χ2n) is 5.43. The van der Waals surface area contributed by atoms with Crippen LogP contribution in [0.5, 0.6) is 11.5 Å². The number of hydrogen-bond donors (Lipinski definition) is 3. The molecule has 3 N–H and O–H groups in total. The van der Waals surface area contributed by atoms with Gasteiger partial charge in [0.05, 0.1) is 17.8 Å². The maximum atomic E-state index is 9.82. The number of halogens is 1. The van der Waals surface area contributed by atoms with Crippen LogP contribution in [0.25, 0.3) is 22.1 Å². The molecule has 9 heteroatoms. The van der Waals surface area contributed by atoms with E-state index < -0.39 is 0 Å². The van der Waals surface area contributed by atoms with Gasteiger partial charge in [-0.25, -0.2) is 5.43 Å². The number of ether oxygens (including phenoxy) is 1. The van der Waals surface area contributed by atoms with Crippen molar-refractivity contribution in [2.24, 2.45) is 5.10 Å². The minimum absolute atomic E-state index is 0.0365. The van der Waals surface area contributed by atoms with Gasteiger partial charge in [0.1, 0.15) is 5.52 Å². The summed E-state index contributed by atoms with van der Waals surface area (Å²) >= 11 is 3.27. The molecule has 0 aliphatic heterocycles. The third-order valence-electron chi connectivity index (χ3n) is 3.77. The van der Waals surface area contributed by atoms with Crippen LogP contribution >= 0.6 is 15.9 Å². The Balaban J connectivity index is 1.58. The minimum Gasteiger partial charge on any atom is -0.503 e. The first-order valence-corrected chi connectivity index (χ1v) is 8.41. The summed E-state index contributed by atoms with van der Waals surface area (Å²) in [4.78, 5) is 7.58. The van der Waals surface area contributed by atoms with Crippen molar-refractivity contribution in [1.82, 2.24) is 20.2 Å². The molecule has 26 heavy (non-hydrogen) atoms. The van der Waals surface area contributed by atoms with Gasteiger partial charge in [0.2, 0.25) is 0 Å². The molecule has 4 rings (SSSR count). The average molecular weight is 413 g/mol. The smallest absolute Gasteiger partial charge is 0.265 e. The summed E-state index contributed by atoms with van der Waals surface area (Å²) in [5.41, 5.74) is 5.76. The molecule has 0 aliphatic rings. The molecule has 0 atom stereocenters. The van der Waals surface area contributed by atoms with Crippen LogP contribution in [-0.2, 0) is 0 Å². The number of nitrogens with zero attached hydrogens (tertiary/aromatic N) is 4. The molecule has 0 radical (unpaired) electrons. The zero-order valence-corrected chi connectivity index (χ0v) is 15.1. The summed E-state index contributed by atoms with van der Waals surface area (Å²) in [5, 5.41) is 23.2. The quantitative estimate of drug-likeness (QED) is 0.350. The molecule has 0 spiro atoms. The molecule has 0 saturated heterocycles. The number of benzene rings is 2. The first-order valence-electron chi connectivity index (χ1n) is 7.62. The van der Waals surface area contributed by atoms with Crippen molar-refractivity contribution >= 4 is 50.2 Å². The van der Waals surface area contributed by atoms with Crippen LogP contribution < -0.4 is 10.2 Å². The largest absolute Gasteiger partial charge is 0.503 e. The number of phenols is 1. The van der Waals surface area contributed by atoms with Crippen LogP contribution in [0, 0.1) is 0 Å². The zero-order chi connectivity index (χ0) is 18.1. The lowest BCUT2D eigenvalue weighted by Crippen LogP contribution is -1.99. The van der Waals surface area contributed by atoms with Gasteiger partial charge in [-0.2, -0.15) is 10.1 Å². The van der Waals surface area contributed by atoms with E-state index in [-0.39, 0.29) is 11.7 Å². The number of aromatic hydroxyl groups is 1. The third-order valence-corrected chi connectivity index (χ3v) is 4.38. The highest BCUT2D eigenvalue weighted by Crippen LogP contribution is 2.34. The van der Waals surface area contributed by atoms with E-state index in [1.54, 1.807) is 18.3 Å². The van der Waals surface area contributed by atoms with Crippen molar-refractivity contribution in [3.05, 3.63) is 46.4 Å². The summed E-state index contributed by atoms with van der Waals surface area (Å²) in [6.45, 7) is 0. The van der Waals surface area contributed by atoms with Gasteiger partial charge in [-0.15, -0.1) is 10.2 Å². The van der Waals surface area contributed by atoms with E-state index in [0.29, 0.717) is 21.4 Å². The molecule has 2 aromatic heterocycles. The van der Waals surface area contributed by atoms with Gasteiger partial charge in [0, 0.05) is 10.9 Å². The lowest BCUT2D eigenvalue weighted by atomic mass is 10.2. The predicted octanol–water partition coefficient (Wildman–Crippen LogP) is 3.43. The Labute approximate surface area is 156 Å². The normalized spacial score (nSPS) is 11.5. The minimum atomic E-state index is 0.0365. The highest BCUT2D eigenvalue weighted by atomic mass is 79.9. The number of hydrogen-bond acceptors (Lipinski definition) is 7. The number of nitrogens with one attached hydrogen (secondary N) is 2. The number of H-pyrrole nitrogens is 1. The number of aromatic amines is 1. The fourth-order valence-corrected chi connectivity index (χ4v) is 3.02. The number of methoxy groups -OCH3 is 1. The molecule has 130 valence electrons. The van der Waals surface area contributed by atoms with Gasteiger partial charge in [-0.05, 0) is 39.7 Å². The molecule has 4 aromatic rings. The SMILES string of the molecule is COc1cc(C=NNc2nnc3c(n2)[nH]c2ccccc23)cc(Br)c1O. The van der Waals surface area contributed by atoms with E-state index in [2.05, 4.69) is 46.6 Å². The van der Waals surface area contributed by atoms with E-state index in [9.17, 15) is 5.11 Å². The van der Waals surface area contributed by atoms with Crippen molar-refractivity contribution < 1.29 is 9.84 Å². The Morgan fingerprint density at radius 1 is 1.27 bits per heavy atom. The van der Waals surface area contributed by atoms with Gasteiger partial charge in [-0.1, -0.05) is 18.2 Å². The zero-order valence-electron chi connectivity index (χ0n) is 13.6. The summed E-state index contributed by atoms with van der Waals surface area (Å²) < 4.78 is 5.62. The van der Waals surface area contributed by atoms with Crippen molar-refractivity contribution in [1.29, 1.82) is 0 Å². The number of aromatic nitrogens is 4. The van der Waals surface area contributed by atoms with Crippen molar-refractivity contribution in [2.75, 3.05) is 12.5 Å². The Bertz CT molecular complexity index is 1140. The number of fused-ring (bicyclic) bond motifs is 3. The van der Waals surface area contributed by atoms with Crippen molar-refractivity contribution in [3.8, 4) is 11.5 Å². The molecule has 0 amide bonds. The fourth-order valence-electron chi connectivity index (χ4n) is 2.56. The van der Waals surface area contributed by atoms with Crippen molar-refractivity contribution in [3.63, 3.8) is 0 Å². The highest BCUT2D eigenvalue weighted by Gasteiger charge is 2.09. The van der Waals surface area contributed by atoms with E-state index in [1.807, 2.05) is 24.3 Å². The van der Waals surface area contributed by atoms with Gasteiger partial charge >= 0.3 is 0 Å². The first kappa shape index (κ1) is 16.3. The molecule has 2 heterocycles. The summed E-state index contributed by atoms with van der Waals surface area (Å²) in [6, 6.07) is 11.2. The Kier molecular flexibility index (Phi) is 4.13. The highest BCUT2D eigenvalue weighted by molar-refractivity contribution is 9.10. The molecule has 0 bridgehead atoms. The van der Waals surface area contributed by atoms with E-state index in [1.165, 1.54) is 7.11 Å². The lowest BCUT2D eigenvalue weighted by Gasteiger charge is -2.06. The number of anilines is 1. The number of phenolic OH excluding ortho intramolecular Hbond substituents is 1. The van der Waals surface area contributed by atoms with Gasteiger partial charge in [0.15, 0.2) is 17.1 Å². The molecule has 0 fully saturated rings. The topological polar surface area (TPSA) is 108 Å². The molecular weight excluding hydrogens is 400 g/mol. The van der Waals surface area contributed by atoms with Crippen LogP contribution in [0.3, 0.4) is 0 Å². The average Bonchev–Trinajstić information content (AvgIpc) is 3.02. The summed E-state index contributed by atoms with van der Waals surface area (Å²) in [6.07, 6.45) is 1.56. The number of para-hydroxylation sites is 1. The second-order valence-corrected chi connectivity index (χ2v) is 6.28. The maximum absolute atomic E-state index is 9.82. The molecule has 0 saturated carbocycles. The fraction of sp³-hybridized carbons (Fsp3) is 0.0588. The predicted molar refractivity (Wildman–Crippen MR) is 103 cm³/mol. The van der Waals surface area contributed by atoms with Crippen LogP contribution in [0.4, 0.5) is 5.95 Å². The standard InChI is InChI=1S/C17H13BrN6O2/c1-26-13-7-9(6-11(18)15(13)25)8-19-23-17-21-16-14(22-24-17)10-4-2-3-5-12(10)20-16/h2-8,25H,1H3,(H2,20,21,23,24). The van der Waals surface area contributed by atoms with Crippen LogP contribution in [0.2, 0.25) is 0 Å². The molecule has 2 aromatic carbocycles.